The van der Waals surface area contributed by atoms with E-state index in [4.69, 9.17) is 5.26 Å². The van der Waals surface area contributed by atoms with Crippen LogP contribution in [0.4, 0.5) is 8.78 Å². The van der Waals surface area contributed by atoms with Gasteiger partial charge in [-0.2, -0.15) is 5.26 Å². The normalized spacial score (nSPS) is 10.4. The van der Waals surface area contributed by atoms with Crippen LogP contribution in [0.15, 0.2) is 10.7 Å². The molecule has 0 amide bonds. The largest absolute Gasteiger partial charge is 0.280 e. The van der Waals surface area contributed by atoms with E-state index in [1.54, 1.807) is 0 Å². The van der Waals surface area contributed by atoms with E-state index in [0.717, 1.165) is 0 Å². The highest BCUT2D eigenvalue weighted by atomic mass is 79.9. The average Bonchev–Trinajstić information content (AvgIpc) is 2.20. The first-order valence-electron chi connectivity index (χ1n) is 3.99. The van der Waals surface area contributed by atoms with Gasteiger partial charge in [-0.3, -0.25) is 0 Å². The van der Waals surface area contributed by atoms with Crippen LogP contribution >= 0.6 is 31.9 Å². The predicted molar refractivity (Wildman–Crippen MR) is 58.8 cm³/mol. The lowest BCUT2D eigenvalue weighted by Gasteiger charge is -2.08. The van der Waals surface area contributed by atoms with Crippen LogP contribution in [-0.2, 0) is 11.8 Å². The maximum absolute atomic E-state index is 12.4. The molecule has 0 saturated heterocycles. The van der Waals surface area contributed by atoms with Crippen molar-refractivity contribution in [3.05, 3.63) is 27.5 Å². The number of pyridine rings is 1. The van der Waals surface area contributed by atoms with Crippen LogP contribution in [0.5, 0.6) is 0 Å². The summed E-state index contributed by atoms with van der Waals surface area (Å²) in [5.41, 5.74) is 1.03. The number of hydrogen-bond acceptors (Lipinski definition) is 2. The second kappa shape index (κ2) is 5.52. The summed E-state index contributed by atoms with van der Waals surface area (Å²) in [6.45, 7) is 0. The molecule has 0 saturated carbocycles. The Morgan fingerprint density at radius 2 is 2.20 bits per heavy atom. The van der Waals surface area contributed by atoms with Gasteiger partial charge in [0.15, 0.2) is 0 Å². The van der Waals surface area contributed by atoms with Crippen molar-refractivity contribution in [3.63, 3.8) is 0 Å². The Balaban J connectivity index is 3.25. The molecule has 0 aliphatic heterocycles. The Morgan fingerprint density at radius 3 is 2.67 bits per heavy atom. The average molecular weight is 340 g/mol. The number of alkyl halides is 3. The van der Waals surface area contributed by atoms with Crippen LogP contribution in [0.1, 0.15) is 23.2 Å². The van der Waals surface area contributed by atoms with Gasteiger partial charge in [-0.05, 0) is 27.6 Å². The van der Waals surface area contributed by atoms with Crippen molar-refractivity contribution in [2.75, 3.05) is 0 Å². The van der Waals surface area contributed by atoms with Crippen LogP contribution in [0.3, 0.4) is 0 Å². The van der Waals surface area contributed by atoms with Crippen molar-refractivity contribution >= 4 is 31.9 Å². The quantitative estimate of drug-likeness (QED) is 0.621. The molecule has 0 N–H and O–H groups in total. The molecule has 0 bridgehead atoms. The Kier molecular flexibility index (Phi) is 4.61. The molecule has 6 heteroatoms. The third-order valence-corrected chi connectivity index (χ3v) is 3.07. The van der Waals surface area contributed by atoms with Crippen LogP contribution in [-0.4, -0.2) is 4.98 Å². The Hall–Kier alpha value is -0.540. The lowest BCUT2D eigenvalue weighted by Crippen LogP contribution is -2.00. The van der Waals surface area contributed by atoms with Crippen molar-refractivity contribution in [1.82, 2.24) is 4.98 Å². The first-order valence-corrected chi connectivity index (χ1v) is 5.90. The van der Waals surface area contributed by atoms with Crippen molar-refractivity contribution in [2.24, 2.45) is 0 Å². The summed E-state index contributed by atoms with van der Waals surface area (Å²) in [4.78, 5) is 3.69. The number of rotatable bonds is 3. The summed E-state index contributed by atoms with van der Waals surface area (Å²) in [6, 6.07) is 3.29. The fraction of sp³-hybridized carbons (Fsp3) is 0.333. The van der Waals surface area contributed by atoms with E-state index in [1.165, 1.54) is 6.07 Å². The van der Waals surface area contributed by atoms with E-state index in [1.807, 2.05) is 6.07 Å². The molecule has 0 aliphatic rings. The first-order chi connectivity index (χ1) is 7.10. The van der Waals surface area contributed by atoms with E-state index >= 15 is 0 Å². The molecule has 0 radical (unpaired) electrons. The van der Waals surface area contributed by atoms with Crippen molar-refractivity contribution < 1.29 is 8.78 Å². The molecule has 1 heterocycles. The summed E-state index contributed by atoms with van der Waals surface area (Å²) >= 11 is 6.28. The van der Waals surface area contributed by atoms with Crippen LogP contribution in [0.25, 0.3) is 0 Å². The zero-order valence-corrected chi connectivity index (χ0v) is 10.6. The van der Waals surface area contributed by atoms with Gasteiger partial charge >= 0.3 is 0 Å². The lowest BCUT2D eigenvalue weighted by atomic mass is 10.1. The van der Waals surface area contributed by atoms with E-state index < -0.39 is 6.43 Å². The minimum atomic E-state index is -2.60. The maximum atomic E-state index is 12.4. The van der Waals surface area contributed by atoms with Gasteiger partial charge in [0.2, 0.25) is 0 Å². The number of hydrogen-bond donors (Lipinski definition) is 0. The van der Waals surface area contributed by atoms with Gasteiger partial charge in [-0.1, -0.05) is 15.9 Å². The monoisotopic (exact) mass is 338 g/mol. The Bertz CT molecular complexity index is 402. The molecule has 0 aromatic carbocycles. The zero-order valence-electron chi connectivity index (χ0n) is 7.48. The molecule has 0 spiro atoms. The predicted octanol–water partition coefficient (Wildman–Crippen LogP) is 3.74. The molecule has 0 atom stereocenters. The number of halogens is 4. The fourth-order valence-corrected chi connectivity index (χ4v) is 2.21. The zero-order chi connectivity index (χ0) is 11.4. The SMILES string of the molecule is N#CCc1c(CBr)cc(C(F)F)nc1Br. The van der Waals surface area contributed by atoms with Gasteiger partial charge in [0, 0.05) is 10.9 Å². The van der Waals surface area contributed by atoms with Crippen molar-refractivity contribution in [2.45, 2.75) is 18.2 Å². The minimum Gasteiger partial charge on any atom is -0.240 e. The third-order valence-electron chi connectivity index (χ3n) is 1.81. The molecule has 0 fully saturated rings. The topological polar surface area (TPSA) is 36.7 Å². The number of aromatic nitrogens is 1. The van der Waals surface area contributed by atoms with Crippen LogP contribution < -0.4 is 0 Å². The third kappa shape index (κ3) is 2.95. The van der Waals surface area contributed by atoms with Crippen molar-refractivity contribution in [1.29, 1.82) is 5.26 Å². The molecule has 15 heavy (non-hydrogen) atoms. The molecule has 2 nitrogen and oxygen atoms in total. The minimum absolute atomic E-state index is 0.151. The standard InChI is InChI=1S/C9H6Br2F2N2/c10-4-5-3-7(9(12)13)15-8(11)6(5)1-2-14/h3,9H,1,4H2. The number of nitriles is 1. The van der Waals surface area contributed by atoms with Gasteiger partial charge < -0.3 is 0 Å². The molecule has 1 aromatic rings. The van der Waals surface area contributed by atoms with E-state index in [0.29, 0.717) is 21.1 Å². The lowest BCUT2D eigenvalue weighted by molar-refractivity contribution is 0.145. The molecule has 0 unspecified atom stereocenters. The Morgan fingerprint density at radius 1 is 1.53 bits per heavy atom. The summed E-state index contributed by atoms with van der Waals surface area (Å²) in [6.07, 6.45) is -2.45. The molecular weight excluding hydrogens is 334 g/mol. The van der Waals surface area contributed by atoms with Crippen molar-refractivity contribution in [3.8, 4) is 6.07 Å². The highest BCUT2D eigenvalue weighted by molar-refractivity contribution is 9.10. The highest BCUT2D eigenvalue weighted by Gasteiger charge is 2.15. The van der Waals surface area contributed by atoms with Crippen LogP contribution in [0.2, 0.25) is 0 Å². The molecular formula is C9H6Br2F2N2. The van der Waals surface area contributed by atoms with E-state index in [2.05, 4.69) is 36.8 Å². The fourth-order valence-electron chi connectivity index (χ4n) is 1.11. The molecule has 1 aromatic heterocycles. The van der Waals surface area contributed by atoms with E-state index in [-0.39, 0.29) is 12.1 Å². The second-order valence-corrected chi connectivity index (χ2v) is 4.06. The maximum Gasteiger partial charge on any atom is 0.280 e. The number of nitrogens with zero attached hydrogens (tertiary/aromatic N) is 2. The highest BCUT2D eigenvalue weighted by Crippen LogP contribution is 2.26. The van der Waals surface area contributed by atoms with Gasteiger partial charge in [0.1, 0.15) is 10.3 Å². The molecule has 0 aliphatic carbocycles. The summed E-state index contributed by atoms with van der Waals surface area (Å²) in [5.74, 6) is 0. The van der Waals surface area contributed by atoms with Gasteiger partial charge in [0.05, 0.1) is 12.5 Å². The smallest absolute Gasteiger partial charge is 0.240 e. The summed E-state index contributed by atoms with van der Waals surface area (Å²) < 4.78 is 25.2. The Labute approximate surface area is 103 Å². The van der Waals surface area contributed by atoms with Gasteiger partial charge in [0.25, 0.3) is 6.43 Å². The molecule has 1 rings (SSSR count). The van der Waals surface area contributed by atoms with Crippen LogP contribution in [0, 0.1) is 11.3 Å². The summed E-state index contributed by atoms with van der Waals surface area (Å²) in [7, 11) is 0. The first kappa shape index (κ1) is 12.5. The molecule has 80 valence electrons. The van der Waals surface area contributed by atoms with Gasteiger partial charge in [-0.15, -0.1) is 0 Å². The van der Waals surface area contributed by atoms with Gasteiger partial charge in [-0.25, -0.2) is 13.8 Å². The van der Waals surface area contributed by atoms with E-state index in [9.17, 15) is 8.78 Å². The summed E-state index contributed by atoms with van der Waals surface area (Å²) in [5, 5.41) is 9.00. The second-order valence-electron chi connectivity index (χ2n) is 2.74.